The van der Waals surface area contributed by atoms with Crippen molar-refractivity contribution in [1.82, 2.24) is 20.0 Å². The predicted octanol–water partition coefficient (Wildman–Crippen LogP) is 3.76. The summed E-state index contributed by atoms with van der Waals surface area (Å²) in [5.74, 6) is -3.67. The van der Waals surface area contributed by atoms with E-state index in [0.717, 1.165) is 49.1 Å². The molecule has 0 aromatic heterocycles. The number of carboxylic acid groups (broad SMARTS) is 1. The number of fused-ring (bicyclic) bond motifs is 3. The number of amides is 4. The van der Waals surface area contributed by atoms with E-state index in [1.165, 1.54) is 26.2 Å². The molecule has 14 heteroatoms. The lowest BCUT2D eigenvalue weighted by atomic mass is 9.98. The second-order valence-corrected chi connectivity index (χ2v) is 12.0. The van der Waals surface area contributed by atoms with Crippen LogP contribution in [-0.4, -0.2) is 102 Å². The molecule has 1 heterocycles. The Kier molecular flexibility index (Phi) is 10.2. The molecule has 0 saturated carbocycles. The Morgan fingerprint density at radius 1 is 0.959 bits per heavy atom. The second kappa shape index (κ2) is 14.4. The monoisotopic (exact) mass is 680 g/mol. The van der Waals surface area contributed by atoms with Crippen LogP contribution in [0.1, 0.15) is 34.6 Å². The minimum absolute atomic E-state index is 0.0525. The van der Waals surface area contributed by atoms with E-state index in [1.54, 1.807) is 0 Å². The van der Waals surface area contributed by atoms with E-state index in [2.05, 4.69) is 5.32 Å². The number of nitrogens with one attached hydrogen (secondary N) is 1. The lowest BCUT2D eigenvalue weighted by Gasteiger charge is -2.38. The van der Waals surface area contributed by atoms with Crippen LogP contribution in [0.2, 0.25) is 0 Å². The van der Waals surface area contributed by atoms with Crippen molar-refractivity contribution in [3.05, 3.63) is 95.1 Å². The fourth-order valence-corrected chi connectivity index (χ4v) is 6.31. The smallest absolute Gasteiger partial charge is 0.416 e. The summed E-state index contributed by atoms with van der Waals surface area (Å²) >= 11 is 0. The molecule has 0 bridgehead atoms. The van der Waals surface area contributed by atoms with Crippen LogP contribution in [0.5, 0.6) is 0 Å². The molecule has 5 rings (SSSR count). The molecule has 2 N–H and O–H groups in total. The van der Waals surface area contributed by atoms with Crippen molar-refractivity contribution in [2.24, 2.45) is 0 Å². The van der Waals surface area contributed by atoms with Crippen LogP contribution < -0.4 is 5.32 Å². The number of carboxylic acids is 1. The summed E-state index contributed by atoms with van der Waals surface area (Å²) < 4.78 is 45.3. The molecule has 1 fully saturated rings. The normalized spacial score (nSPS) is 16.8. The average molecular weight is 681 g/mol. The number of carbonyl (C=O) groups is 5. The van der Waals surface area contributed by atoms with E-state index in [-0.39, 0.29) is 37.6 Å². The first kappa shape index (κ1) is 34.9. The molecule has 2 aliphatic rings. The Hall–Kier alpha value is -5.40. The van der Waals surface area contributed by atoms with Crippen LogP contribution in [0.3, 0.4) is 0 Å². The zero-order valence-electron chi connectivity index (χ0n) is 26.8. The molecule has 49 heavy (non-hydrogen) atoms. The Balaban J connectivity index is 1.39. The minimum atomic E-state index is -4.59. The molecule has 2 atom stereocenters. The third-order valence-electron chi connectivity index (χ3n) is 8.83. The van der Waals surface area contributed by atoms with Crippen LogP contribution in [-0.2, 0) is 36.5 Å². The highest BCUT2D eigenvalue weighted by Gasteiger charge is 2.41. The number of ether oxygens (including phenoxy) is 1. The average Bonchev–Trinajstić information content (AvgIpc) is 3.38. The van der Waals surface area contributed by atoms with Crippen LogP contribution in [0.4, 0.5) is 18.0 Å². The highest BCUT2D eigenvalue weighted by molar-refractivity contribution is 5.95. The Morgan fingerprint density at radius 2 is 1.55 bits per heavy atom. The quantitative estimate of drug-likeness (QED) is 0.351. The number of hydrogen-bond acceptors (Lipinski definition) is 6. The number of carbonyl (C=O) groups excluding carboxylic acids is 4. The first-order valence-corrected chi connectivity index (χ1v) is 15.5. The van der Waals surface area contributed by atoms with Crippen molar-refractivity contribution in [2.45, 2.75) is 37.0 Å². The van der Waals surface area contributed by atoms with Crippen LogP contribution in [0.25, 0.3) is 11.1 Å². The number of nitrogens with zero attached hydrogens (tertiary/aromatic N) is 3. The number of hydrogen-bond donors (Lipinski definition) is 2. The molecule has 1 unspecified atom stereocenters. The van der Waals surface area contributed by atoms with Gasteiger partial charge in [-0.1, -0.05) is 60.7 Å². The second-order valence-electron chi connectivity index (χ2n) is 12.0. The molecule has 4 amide bonds. The molecule has 3 aromatic rings. The largest absolute Gasteiger partial charge is 0.480 e. The van der Waals surface area contributed by atoms with Gasteiger partial charge in [-0.2, -0.15) is 13.2 Å². The van der Waals surface area contributed by atoms with E-state index in [1.807, 2.05) is 48.5 Å². The van der Waals surface area contributed by atoms with Crippen LogP contribution in [0.15, 0.2) is 72.8 Å². The number of benzene rings is 3. The van der Waals surface area contributed by atoms with E-state index in [4.69, 9.17) is 4.74 Å². The molecule has 11 nitrogen and oxygen atoms in total. The van der Waals surface area contributed by atoms with Gasteiger partial charge in [-0.25, -0.2) is 4.79 Å². The maximum atomic E-state index is 14.2. The summed E-state index contributed by atoms with van der Waals surface area (Å²) in [6, 6.07) is 16.8. The van der Waals surface area contributed by atoms with Gasteiger partial charge in [-0.15, -0.1) is 0 Å². The summed E-state index contributed by atoms with van der Waals surface area (Å²) in [5, 5.41) is 12.0. The van der Waals surface area contributed by atoms with Gasteiger partial charge < -0.3 is 25.0 Å². The first-order valence-electron chi connectivity index (χ1n) is 15.5. The SMILES string of the molecule is CN(CC(=O)O)C(=O)[C@H](Cc1ccc(C(F)(F)F)cc1)N1CCNC(=O)CC(N(C)C(=O)OCC2c3ccccc3-c3ccccc32)C1=O. The van der Waals surface area contributed by atoms with Gasteiger partial charge in [0.25, 0.3) is 0 Å². The molecule has 0 radical (unpaired) electrons. The number of halogens is 3. The van der Waals surface area contributed by atoms with Crippen molar-refractivity contribution in [3.8, 4) is 11.1 Å². The number of alkyl halides is 3. The fourth-order valence-electron chi connectivity index (χ4n) is 6.31. The van der Waals surface area contributed by atoms with Crippen molar-refractivity contribution in [1.29, 1.82) is 0 Å². The molecular weight excluding hydrogens is 645 g/mol. The zero-order chi connectivity index (χ0) is 35.5. The predicted molar refractivity (Wildman–Crippen MR) is 170 cm³/mol. The molecule has 0 spiro atoms. The van der Waals surface area contributed by atoms with Crippen molar-refractivity contribution >= 4 is 29.8 Å². The lowest BCUT2D eigenvalue weighted by Crippen LogP contribution is -2.60. The van der Waals surface area contributed by atoms with Gasteiger partial charge in [-0.3, -0.25) is 24.1 Å². The highest BCUT2D eigenvalue weighted by Crippen LogP contribution is 2.44. The van der Waals surface area contributed by atoms with Gasteiger partial charge in [0.15, 0.2) is 0 Å². The zero-order valence-corrected chi connectivity index (χ0v) is 26.8. The summed E-state index contributed by atoms with van der Waals surface area (Å²) in [6.45, 7) is -1.02. The summed E-state index contributed by atoms with van der Waals surface area (Å²) in [4.78, 5) is 68.5. The Morgan fingerprint density at radius 3 is 2.12 bits per heavy atom. The number of aliphatic carboxylic acids is 1. The van der Waals surface area contributed by atoms with Crippen LogP contribution >= 0.6 is 0 Å². The van der Waals surface area contributed by atoms with Gasteiger partial charge in [0, 0.05) is 39.5 Å². The van der Waals surface area contributed by atoms with E-state index in [9.17, 15) is 42.3 Å². The van der Waals surface area contributed by atoms with E-state index < -0.39 is 66.6 Å². The maximum absolute atomic E-state index is 14.2. The van der Waals surface area contributed by atoms with Crippen molar-refractivity contribution < 1.29 is 47.0 Å². The minimum Gasteiger partial charge on any atom is -0.480 e. The summed E-state index contributed by atoms with van der Waals surface area (Å²) in [5.41, 5.74) is 3.36. The van der Waals surface area contributed by atoms with Gasteiger partial charge >= 0.3 is 18.2 Å². The van der Waals surface area contributed by atoms with Gasteiger partial charge in [-0.05, 0) is 39.9 Å². The molecule has 3 aromatic carbocycles. The van der Waals surface area contributed by atoms with Crippen LogP contribution in [0, 0.1) is 0 Å². The molecule has 258 valence electrons. The standard InChI is InChI=1S/C35H35F3N4O7/c1-40(19-31(44)45)32(46)29(17-21-11-13-22(14-12-21)35(36,37)38)42-16-15-39-30(43)18-28(33(42)47)41(2)34(48)49-20-27-25-9-5-3-7-23(25)24-8-4-6-10-26(24)27/h3-14,27-29H,15-20H2,1-2H3,(H,39,43)(H,44,45)/t28?,29-/m0/s1. The third kappa shape index (κ3) is 7.68. The Labute approximate surface area is 280 Å². The summed E-state index contributed by atoms with van der Waals surface area (Å²) in [7, 11) is 2.53. The van der Waals surface area contributed by atoms with Crippen molar-refractivity contribution in [2.75, 3.05) is 40.3 Å². The Bertz CT molecular complexity index is 1700. The fraction of sp³-hybridized carbons (Fsp3) is 0.343. The topological polar surface area (TPSA) is 137 Å². The van der Waals surface area contributed by atoms with E-state index >= 15 is 0 Å². The number of rotatable bonds is 9. The first-order chi connectivity index (χ1) is 23.3. The van der Waals surface area contributed by atoms with Gasteiger partial charge in [0.2, 0.25) is 17.7 Å². The maximum Gasteiger partial charge on any atom is 0.416 e. The highest BCUT2D eigenvalue weighted by atomic mass is 19.4. The molecule has 1 aliphatic carbocycles. The van der Waals surface area contributed by atoms with Crippen molar-refractivity contribution in [3.63, 3.8) is 0 Å². The third-order valence-corrected chi connectivity index (χ3v) is 8.83. The molecular formula is C35H35F3N4O7. The molecule has 1 saturated heterocycles. The van der Waals surface area contributed by atoms with Gasteiger partial charge in [0.05, 0.1) is 12.0 Å². The van der Waals surface area contributed by atoms with E-state index in [0.29, 0.717) is 0 Å². The summed E-state index contributed by atoms with van der Waals surface area (Å²) in [6.07, 6.45) is -6.20. The lowest BCUT2D eigenvalue weighted by molar-refractivity contribution is -0.152. The number of likely N-dealkylation sites (N-methyl/N-ethyl adjacent to an activating group) is 2. The molecule has 1 aliphatic heterocycles. The van der Waals surface area contributed by atoms with Gasteiger partial charge in [0.1, 0.15) is 25.2 Å².